The first-order chi connectivity index (χ1) is 10.2. The smallest absolute Gasteiger partial charge is 0.0537 e. The van der Waals surface area contributed by atoms with Gasteiger partial charge in [-0.1, -0.05) is 62.2 Å². The van der Waals surface area contributed by atoms with Crippen molar-refractivity contribution in [1.29, 1.82) is 0 Å². The van der Waals surface area contributed by atoms with Gasteiger partial charge < -0.3 is 4.57 Å². The summed E-state index contributed by atoms with van der Waals surface area (Å²) in [7, 11) is 0. The number of nitrogens with zero attached hydrogens (tertiary/aromatic N) is 1. The second kappa shape index (κ2) is 5.15. The maximum atomic E-state index is 3.60. The van der Waals surface area contributed by atoms with Gasteiger partial charge in [-0.05, 0) is 37.1 Å². The molecule has 2 aromatic carbocycles. The van der Waals surface area contributed by atoms with Crippen molar-refractivity contribution >= 4 is 48.8 Å². The highest BCUT2D eigenvalue weighted by Gasteiger charge is 2.18. The molecule has 0 saturated carbocycles. The summed E-state index contributed by atoms with van der Waals surface area (Å²) in [4.78, 5) is 0. The number of para-hydroxylation sites is 1. The Morgan fingerprint density at radius 1 is 0.952 bits per heavy atom. The number of fused-ring (bicyclic) bond motifs is 3. The Kier molecular flexibility index (Phi) is 3.27. The van der Waals surface area contributed by atoms with Crippen molar-refractivity contribution in [2.24, 2.45) is 0 Å². The number of aromatic nitrogens is 1. The monoisotopic (exact) mass is 401 g/mol. The summed E-state index contributed by atoms with van der Waals surface area (Å²) in [5.74, 6) is 0. The lowest BCUT2D eigenvalue weighted by molar-refractivity contribution is 0.888. The number of hydrogen-bond donors (Lipinski definition) is 0. The quantitative estimate of drug-likeness (QED) is 0.462. The second-order valence-electron chi connectivity index (χ2n) is 5.28. The Bertz CT molecular complexity index is 854. The molecule has 0 amide bonds. The van der Waals surface area contributed by atoms with E-state index in [-0.39, 0.29) is 0 Å². The van der Waals surface area contributed by atoms with Crippen molar-refractivity contribution in [3.05, 3.63) is 68.7 Å². The molecule has 1 aliphatic rings. The highest BCUT2D eigenvalue weighted by atomic mass is 79.9. The van der Waals surface area contributed by atoms with Gasteiger partial charge in [0.25, 0.3) is 0 Å². The van der Waals surface area contributed by atoms with Crippen LogP contribution in [-0.2, 0) is 6.42 Å². The number of benzene rings is 2. The van der Waals surface area contributed by atoms with E-state index in [9.17, 15) is 0 Å². The van der Waals surface area contributed by atoms with Gasteiger partial charge in [0.05, 0.1) is 5.52 Å². The fourth-order valence-corrected chi connectivity index (χ4v) is 4.40. The first-order valence-electron chi connectivity index (χ1n) is 6.99. The van der Waals surface area contributed by atoms with Crippen LogP contribution in [0.3, 0.4) is 0 Å². The van der Waals surface area contributed by atoms with Gasteiger partial charge in [0.15, 0.2) is 0 Å². The Hall–Kier alpha value is -1.32. The molecule has 3 heteroatoms. The lowest BCUT2D eigenvalue weighted by Gasteiger charge is -2.14. The van der Waals surface area contributed by atoms with Crippen LogP contribution in [-0.4, -0.2) is 4.57 Å². The SMILES string of the molecule is Brc1cc(Br)cc(-n2c3c(c4ccccc42)C=CCC3)c1. The van der Waals surface area contributed by atoms with Crippen molar-refractivity contribution < 1.29 is 0 Å². The maximum Gasteiger partial charge on any atom is 0.0537 e. The summed E-state index contributed by atoms with van der Waals surface area (Å²) in [6.07, 6.45) is 6.74. The van der Waals surface area contributed by atoms with Crippen LogP contribution < -0.4 is 0 Å². The van der Waals surface area contributed by atoms with Gasteiger partial charge in [-0.15, -0.1) is 0 Å². The number of halogens is 2. The van der Waals surface area contributed by atoms with E-state index in [4.69, 9.17) is 0 Å². The fourth-order valence-electron chi connectivity index (χ4n) is 3.13. The van der Waals surface area contributed by atoms with E-state index >= 15 is 0 Å². The van der Waals surface area contributed by atoms with Crippen LogP contribution in [0.2, 0.25) is 0 Å². The third-order valence-electron chi connectivity index (χ3n) is 3.95. The van der Waals surface area contributed by atoms with Crippen molar-refractivity contribution in [1.82, 2.24) is 4.57 Å². The summed E-state index contributed by atoms with van der Waals surface area (Å²) in [6.45, 7) is 0. The van der Waals surface area contributed by atoms with Gasteiger partial charge in [-0.3, -0.25) is 0 Å². The molecule has 0 aliphatic heterocycles. The predicted molar refractivity (Wildman–Crippen MR) is 96.0 cm³/mol. The molecule has 1 aliphatic carbocycles. The molecule has 3 aromatic rings. The standard InChI is InChI=1S/C18H13Br2N/c19-12-9-13(20)11-14(10-12)21-17-7-3-1-5-15(17)16-6-2-4-8-18(16)21/h1-3,5-7,9-11H,4,8H2. The van der Waals surface area contributed by atoms with E-state index in [0.717, 1.165) is 21.8 Å². The van der Waals surface area contributed by atoms with Crippen LogP contribution in [0.15, 0.2) is 57.5 Å². The summed E-state index contributed by atoms with van der Waals surface area (Å²) < 4.78 is 4.57. The average molecular weight is 403 g/mol. The van der Waals surface area contributed by atoms with Crippen LogP contribution in [0, 0.1) is 0 Å². The van der Waals surface area contributed by atoms with Crippen LogP contribution in [0.1, 0.15) is 17.7 Å². The van der Waals surface area contributed by atoms with E-state index in [1.165, 1.54) is 27.8 Å². The lowest BCUT2D eigenvalue weighted by Crippen LogP contribution is -2.03. The zero-order valence-corrected chi connectivity index (χ0v) is 14.5. The summed E-state index contributed by atoms with van der Waals surface area (Å²) in [6, 6.07) is 15.1. The van der Waals surface area contributed by atoms with Crippen molar-refractivity contribution in [2.45, 2.75) is 12.8 Å². The number of allylic oxidation sites excluding steroid dienone is 1. The first-order valence-corrected chi connectivity index (χ1v) is 8.58. The number of rotatable bonds is 1. The molecule has 0 bridgehead atoms. The highest BCUT2D eigenvalue weighted by molar-refractivity contribution is 9.11. The summed E-state index contributed by atoms with van der Waals surface area (Å²) in [5.41, 5.74) is 5.25. The average Bonchev–Trinajstić information content (AvgIpc) is 2.81. The van der Waals surface area contributed by atoms with Crippen molar-refractivity contribution in [3.8, 4) is 5.69 Å². The second-order valence-corrected chi connectivity index (χ2v) is 7.11. The zero-order chi connectivity index (χ0) is 14.4. The van der Waals surface area contributed by atoms with Crippen LogP contribution in [0.25, 0.3) is 22.7 Å². The summed E-state index contributed by atoms with van der Waals surface area (Å²) in [5, 5.41) is 1.33. The Balaban J connectivity index is 2.11. The molecule has 4 rings (SSSR count). The molecule has 0 N–H and O–H groups in total. The molecular formula is C18H13Br2N. The van der Waals surface area contributed by atoms with Gasteiger partial charge in [0, 0.05) is 31.3 Å². The third kappa shape index (κ3) is 2.19. The molecule has 1 nitrogen and oxygen atoms in total. The lowest BCUT2D eigenvalue weighted by atomic mass is 10.0. The molecule has 104 valence electrons. The van der Waals surface area contributed by atoms with Crippen molar-refractivity contribution in [2.75, 3.05) is 0 Å². The zero-order valence-electron chi connectivity index (χ0n) is 11.3. The van der Waals surface area contributed by atoms with E-state index in [0.29, 0.717) is 0 Å². The Labute approximate surface area is 140 Å². The van der Waals surface area contributed by atoms with Crippen molar-refractivity contribution in [3.63, 3.8) is 0 Å². The molecule has 1 heterocycles. The summed E-state index contributed by atoms with van der Waals surface area (Å²) >= 11 is 7.20. The third-order valence-corrected chi connectivity index (χ3v) is 4.87. The molecule has 1 aromatic heterocycles. The van der Waals surface area contributed by atoms with Crippen LogP contribution >= 0.6 is 31.9 Å². The van der Waals surface area contributed by atoms with E-state index in [2.05, 4.69) is 91.0 Å². The molecule has 0 fully saturated rings. The Morgan fingerprint density at radius 2 is 1.71 bits per heavy atom. The normalized spacial score (nSPS) is 13.6. The minimum atomic E-state index is 1.09. The predicted octanol–water partition coefficient (Wildman–Crippen LogP) is 6.11. The minimum absolute atomic E-state index is 1.09. The highest BCUT2D eigenvalue weighted by Crippen LogP contribution is 2.35. The van der Waals surface area contributed by atoms with Crippen LogP contribution in [0.5, 0.6) is 0 Å². The van der Waals surface area contributed by atoms with E-state index in [1.54, 1.807) is 0 Å². The first kappa shape index (κ1) is 13.4. The van der Waals surface area contributed by atoms with E-state index in [1.807, 2.05) is 0 Å². The molecular weight excluding hydrogens is 390 g/mol. The maximum absolute atomic E-state index is 3.60. The number of hydrogen-bond acceptors (Lipinski definition) is 0. The molecule has 0 atom stereocenters. The largest absolute Gasteiger partial charge is 0.313 e. The molecule has 0 radical (unpaired) electrons. The van der Waals surface area contributed by atoms with Gasteiger partial charge in [-0.2, -0.15) is 0 Å². The molecule has 21 heavy (non-hydrogen) atoms. The Morgan fingerprint density at radius 3 is 2.52 bits per heavy atom. The minimum Gasteiger partial charge on any atom is -0.313 e. The fraction of sp³-hybridized carbons (Fsp3) is 0.111. The molecule has 0 unspecified atom stereocenters. The molecule has 0 spiro atoms. The van der Waals surface area contributed by atoms with Gasteiger partial charge in [0.1, 0.15) is 0 Å². The topological polar surface area (TPSA) is 4.93 Å². The van der Waals surface area contributed by atoms with Crippen LogP contribution in [0.4, 0.5) is 0 Å². The van der Waals surface area contributed by atoms with Gasteiger partial charge in [-0.25, -0.2) is 0 Å². The van der Waals surface area contributed by atoms with Gasteiger partial charge >= 0.3 is 0 Å². The van der Waals surface area contributed by atoms with E-state index < -0.39 is 0 Å². The molecule has 0 saturated heterocycles. The van der Waals surface area contributed by atoms with Gasteiger partial charge in [0.2, 0.25) is 0 Å².